The van der Waals surface area contributed by atoms with Gasteiger partial charge in [-0.3, -0.25) is 15.0 Å². The molecule has 0 N–H and O–H groups in total. The average molecular weight is 972 g/mol. The summed E-state index contributed by atoms with van der Waals surface area (Å²) in [7, 11) is 0. The van der Waals surface area contributed by atoms with Gasteiger partial charge < -0.3 is 4.42 Å². The van der Waals surface area contributed by atoms with Crippen molar-refractivity contribution in [3.63, 3.8) is 0 Å². The minimum absolute atomic E-state index is 0.0616. The minimum atomic E-state index is -3.35. The second-order valence-electron chi connectivity index (χ2n) is 19.3. The topological polar surface area (TPSA) is 75.6 Å². The molecule has 3 fully saturated rings. The smallest absolute Gasteiger partial charge is 0.144 e. The van der Waals surface area contributed by atoms with Crippen LogP contribution in [0.25, 0.3) is 55.7 Å². The molecule has 3 aliphatic rings. The van der Waals surface area contributed by atoms with E-state index in [-0.39, 0.29) is 80.7 Å². The Kier molecular flexibility index (Phi) is 9.26. The number of pyridine rings is 3. The zero-order valence-corrected chi connectivity index (χ0v) is 40.7. The van der Waals surface area contributed by atoms with E-state index in [1.807, 2.05) is 66.7 Å². The number of para-hydroxylation sites is 1. The normalized spacial score (nSPS) is 21.5. The summed E-state index contributed by atoms with van der Waals surface area (Å²) >= 11 is 0. The Balaban J connectivity index is 1.05. The Labute approximate surface area is 455 Å². The molecule has 5 nitrogen and oxygen atoms in total. The molecule has 0 amide bonds. The van der Waals surface area contributed by atoms with Gasteiger partial charge in [0, 0.05) is 66.6 Å². The fourth-order valence-electron chi connectivity index (χ4n) is 10.8. The van der Waals surface area contributed by atoms with Crippen LogP contribution in [0.1, 0.15) is 180 Å². The van der Waals surface area contributed by atoms with Gasteiger partial charge in [-0.05, 0) is 187 Å². The number of nitriles is 1. The second kappa shape index (κ2) is 21.5. The summed E-state index contributed by atoms with van der Waals surface area (Å²) in [6, 6.07) is 33.9. The van der Waals surface area contributed by atoms with Crippen LogP contribution in [0.3, 0.4) is 0 Å². The molecule has 3 saturated carbocycles. The molecule has 0 spiro atoms. The molecule has 0 saturated heterocycles. The number of aromatic nitrogens is 3. The zero-order chi connectivity index (χ0) is 64.2. The molecule has 73 heavy (non-hydrogen) atoms. The molecule has 364 valence electrons. The van der Waals surface area contributed by atoms with E-state index in [1.54, 1.807) is 30.3 Å². The van der Waals surface area contributed by atoms with Crippen molar-refractivity contribution in [2.24, 2.45) is 0 Å². The molecule has 0 unspecified atom stereocenters. The maximum atomic E-state index is 10.2. The van der Waals surface area contributed by atoms with Crippen molar-refractivity contribution in [3.8, 4) is 39.8 Å². The first-order valence-electron chi connectivity index (χ1n) is 34.2. The molecule has 3 aliphatic carbocycles. The van der Waals surface area contributed by atoms with E-state index in [0.717, 1.165) is 30.8 Å². The Bertz CT molecular complexity index is 4150. The van der Waals surface area contributed by atoms with Crippen molar-refractivity contribution in [1.29, 1.82) is 5.26 Å². The molecule has 0 aliphatic heterocycles. The standard InChI is InChI=1S/C68H66N4O/c69-42-49-30-34-58-59-25-14-26-60(68(59)73-67(58)38-49)66-41-63(50-15-4-1-5-16-50)57(45-72-66)33-29-48-36-46(27-31-55-43-70-64(53-21-6-2-7-22-53)39-61(55)51-17-10-11-18-51)35-47(37-48)28-32-56-44-71-65(54-23-8-3-9-24-54)40-62(56)52-19-12-13-20-52/h2-3,6-9,14,21-26,30,34-41,43-45,50-52H,1,4-5,10-13,15-20,27-29,31-33H2/i27D2,28D2,29D2,30D,31D2,32D2,33D2,38D,50D,51D,52D. The third-order valence-corrected chi connectivity index (χ3v) is 14.6. The fraction of sp³-hybridized carbons (Fsp3) is 0.324. The van der Waals surface area contributed by atoms with Gasteiger partial charge in [0.05, 0.1) is 31.5 Å². The van der Waals surface area contributed by atoms with E-state index >= 15 is 0 Å². The summed E-state index contributed by atoms with van der Waals surface area (Å²) in [5, 5.41) is 10.7. The summed E-state index contributed by atoms with van der Waals surface area (Å²) in [6.07, 6.45) is -9.45. The quantitative estimate of drug-likeness (QED) is 0.102. The molecule has 12 rings (SSSR count). The van der Waals surface area contributed by atoms with E-state index in [9.17, 15) is 25.8 Å². The number of aryl methyl sites for hydroxylation is 6. The van der Waals surface area contributed by atoms with Crippen molar-refractivity contribution >= 4 is 21.9 Å². The molecular formula is C68H66N4O. The summed E-state index contributed by atoms with van der Waals surface area (Å²) < 4.78 is 174. The van der Waals surface area contributed by atoms with Crippen LogP contribution in [-0.2, 0) is 38.2 Å². The first kappa shape index (κ1) is 31.4. The van der Waals surface area contributed by atoms with E-state index in [2.05, 4.69) is 9.97 Å². The van der Waals surface area contributed by atoms with Gasteiger partial charge in [0.25, 0.3) is 0 Å². The molecule has 5 heteroatoms. The van der Waals surface area contributed by atoms with Crippen molar-refractivity contribution in [2.45, 2.75) is 139 Å². The van der Waals surface area contributed by atoms with Crippen molar-refractivity contribution in [1.82, 2.24) is 15.0 Å². The summed E-state index contributed by atoms with van der Waals surface area (Å²) in [4.78, 5) is 14.0. The second-order valence-corrected chi connectivity index (χ2v) is 19.3. The van der Waals surface area contributed by atoms with E-state index in [4.69, 9.17) is 12.1 Å². The predicted octanol–water partition coefficient (Wildman–Crippen LogP) is 17.4. The number of hydrogen-bond donors (Lipinski definition) is 0. The van der Waals surface area contributed by atoms with Crippen LogP contribution in [0, 0.1) is 11.3 Å². The lowest BCUT2D eigenvalue weighted by atomic mass is 9.81. The average Bonchev–Trinajstić information content (AvgIpc) is 0.862. The number of rotatable bonds is 15. The highest BCUT2D eigenvalue weighted by Crippen LogP contribution is 2.42. The van der Waals surface area contributed by atoms with Crippen LogP contribution in [0.4, 0.5) is 0 Å². The largest absolute Gasteiger partial charge is 0.455 e. The molecule has 0 radical (unpaired) electrons. The van der Waals surface area contributed by atoms with E-state index < -0.39 is 72.6 Å². The highest BCUT2D eigenvalue weighted by molar-refractivity contribution is 6.09. The van der Waals surface area contributed by atoms with Crippen LogP contribution in [-0.4, -0.2) is 15.0 Å². The van der Waals surface area contributed by atoms with Crippen LogP contribution >= 0.6 is 0 Å². The van der Waals surface area contributed by atoms with E-state index in [1.165, 1.54) is 24.5 Å². The van der Waals surface area contributed by atoms with Crippen molar-refractivity contribution in [3.05, 3.63) is 208 Å². The van der Waals surface area contributed by atoms with Crippen molar-refractivity contribution < 1.29 is 27.7 Å². The van der Waals surface area contributed by atoms with Gasteiger partial charge >= 0.3 is 0 Å². The fourth-order valence-corrected chi connectivity index (χ4v) is 10.8. The van der Waals surface area contributed by atoms with Gasteiger partial charge in [0.1, 0.15) is 11.2 Å². The SMILES string of the molecule is [2H]c1cc2c(oc3c(-c4cc(C5([2H])CCCCC5)c(C([2H])([2H])C([2H])([2H])c5cc(C([2H])([2H])C([2H])([2H])c6cnc(-c7ccccc7)cc6C6([2H])CCCC6)cc(C([2H])([2H])C([2H])([2H])c6cnc(-c7ccccc7)cc6C6([2H])CCCC6)c5)cn4)cccc32)c([2H])c1C#N. The van der Waals surface area contributed by atoms with E-state index in [0.29, 0.717) is 103 Å². The van der Waals surface area contributed by atoms with Crippen molar-refractivity contribution in [2.75, 3.05) is 0 Å². The Morgan fingerprint density at radius 3 is 1.44 bits per heavy atom. The minimum Gasteiger partial charge on any atom is -0.455 e. The maximum absolute atomic E-state index is 10.2. The monoisotopic (exact) mass is 972 g/mol. The molecule has 5 aromatic carbocycles. The molecule has 0 bridgehead atoms. The number of nitrogens with zero attached hydrogens (tertiary/aromatic N) is 4. The molecule has 0 atom stereocenters. The summed E-state index contributed by atoms with van der Waals surface area (Å²) in [6.45, 7) is 0. The first-order chi connectivity index (χ1) is 42.5. The third-order valence-electron chi connectivity index (χ3n) is 14.6. The third kappa shape index (κ3) is 10.3. The first-order valence-corrected chi connectivity index (χ1v) is 25.7. The molecule has 9 aromatic rings. The predicted molar refractivity (Wildman–Crippen MR) is 298 cm³/mol. The number of furan rings is 1. The summed E-state index contributed by atoms with van der Waals surface area (Å²) in [5.74, 6) is -4.26. The molecular weight excluding hydrogens is 889 g/mol. The number of fused-ring (bicyclic) bond motifs is 3. The molecule has 4 heterocycles. The number of hydrogen-bond acceptors (Lipinski definition) is 5. The van der Waals surface area contributed by atoms with Crippen LogP contribution < -0.4 is 0 Å². The Hall–Kier alpha value is -7.16. The van der Waals surface area contributed by atoms with Crippen LogP contribution in [0.15, 0.2) is 156 Å². The maximum Gasteiger partial charge on any atom is 0.144 e. The Morgan fingerprint density at radius 2 is 0.959 bits per heavy atom. The van der Waals surface area contributed by atoms with Gasteiger partial charge in [0.2, 0.25) is 0 Å². The summed E-state index contributed by atoms with van der Waals surface area (Å²) in [5.41, 5.74) is 0.458. The highest BCUT2D eigenvalue weighted by atomic mass is 16.3. The lowest BCUT2D eigenvalue weighted by Gasteiger charge is -2.25. The molecule has 4 aromatic heterocycles. The van der Waals surface area contributed by atoms with Gasteiger partial charge in [-0.25, -0.2) is 0 Å². The van der Waals surface area contributed by atoms with Gasteiger partial charge in [-0.1, -0.05) is 136 Å². The highest BCUT2D eigenvalue weighted by Gasteiger charge is 2.25. The Morgan fingerprint density at radius 1 is 0.507 bits per heavy atom. The van der Waals surface area contributed by atoms with Crippen LogP contribution in [0.2, 0.25) is 0 Å². The van der Waals surface area contributed by atoms with Gasteiger partial charge in [-0.15, -0.1) is 0 Å². The van der Waals surface area contributed by atoms with Gasteiger partial charge in [-0.2, -0.15) is 5.26 Å². The van der Waals surface area contributed by atoms with Crippen LogP contribution in [0.5, 0.6) is 0 Å². The zero-order valence-electron chi connectivity index (χ0n) is 57.7. The number of benzene rings is 5. The lowest BCUT2D eigenvalue weighted by molar-refractivity contribution is 0.441. The lowest BCUT2D eigenvalue weighted by Crippen LogP contribution is -2.09. The van der Waals surface area contributed by atoms with Gasteiger partial charge in [0.15, 0.2) is 0 Å².